The second kappa shape index (κ2) is 8.99. The molecule has 28 heavy (non-hydrogen) atoms. The summed E-state index contributed by atoms with van der Waals surface area (Å²) >= 11 is 0. The fraction of sp³-hybridized carbons (Fsp3) is 0.250. The molecule has 152 valence electrons. The number of carboxylic acids is 1. The zero-order chi connectivity index (χ0) is 21.6. The van der Waals surface area contributed by atoms with Crippen LogP contribution in [-0.4, -0.2) is 35.1 Å². The number of carbonyl (C=O) groups excluding carboxylic acids is 2. The van der Waals surface area contributed by atoms with E-state index in [1.54, 1.807) is 19.1 Å². The third kappa shape index (κ3) is 6.72. The van der Waals surface area contributed by atoms with E-state index in [4.69, 9.17) is 25.8 Å². The second-order valence-corrected chi connectivity index (χ2v) is 5.53. The maximum atomic E-state index is 11.8. The third-order valence-corrected chi connectivity index (χ3v) is 3.22. The maximum absolute atomic E-state index is 11.8. The molecule has 0 spiro atoms. The van der Waals surface area contributed by atoms with Crippen LogP contribution in [0.4, 0.5) is 18.9 Å². The number of hydrogen-bond acceptors (Lipinski definition) is 6. The summed E-state index contributed by atoms with van der Waals surface area (Å²) in [6, 6.07) is 5.28. The normalized spacial score (nSPS) is 11.9. The molecule has 12 heteroatoms. The number of fused-ring (bicyclic) bond motifs is 1. The molecule has 2 rings (SSSR count). The summed E-state index contributed by atoms with van der Waals surface area (Å²) in [5.74, 6) is -3.95. The van der Waals surface area contributed by atoms with Gasteiger partial charge in [-0.05, 0) is 24.6 Å². The van der Waals surface area contributed by atoms with Gasteiger partial charge in [-0.25, -0.2) is 9.59 Å². The molecule has 1 aromatic heterocycles. The van der Waals surface area contributed by atoms with Crippen molar-refractivity contribution in [3.8, 4) is 0 Å². The minimum atomic E-state index is -5.08. The number of nitrogens with two attached hydrogens (primary N) is 2. The van der Waals surface area contributed by atoms with Crippen LogP contribution >= 0.6 is 0 Å². The minimum absolute atomic E-state index is 0.242. The molecule has 6 N–H and O–H groups in total. The SMILES string of the molecule is Cc1cc(=O)oc2cc(NC(=O)[C@@H](N)CC(N)=O)ccc12.O=C(O)C(F)(F)F. The number of nitrogens with one attached hydrogen (secondary N) is 1. The quantitative estimate of drug-likeness (QED) is 0.550. The van der Waals surface area contributed by atoms with E-state index < -0.39 is 35.6 Å². The molecule has 0 fully saturated rings. The summed E-state index contributed by atoms with van der Waals surface area (Å²) in [6.07, 6.45) is -5.33. The van der Waals surface area contributed by atoms with E-state index in [0.29, 0.717) is 11.3 Å². The fourth-order valence-corrected chi connectivity index (χ4v) is 1.95. The summed E-state index contributed by atoms with van der Waals surface area (Å²) in [4.78, 5) is 42.7. The monoisotopic (exact) mass is 403 g/mol. The molecular weight excluding hydrogens is 387 g/mol. The van der Waals surface area contributed by atoms with Crippen molar-refractivity contribution >= 4 is 34.4 Å². The lowest BCUT2D eigenvalue weighted by atomic mass is 10.1. The van der Waals surface area contributed by atoms with Gasteiger partial charge >= 0.3 is 17.8 Å². The number of primary amides is 1. The second-order valence-electron chi connectivity index (χ2n) is 5.53. The number of alkyl halides is 3. The number of amides is 2. The number of aryl methyl sites for hydroxylation is 1. The van der Waals surface area contributed by atoms with Crippen LogP contribution in [0.1, 0.15) is 12.0 Å². The average molecular weight is 403 g/mol. The van der Waals surface area contributed by atoms with Crippen molar-refractivity contribution < 1.29 is 37.1 Å². The smallest absolute Gasteiger partial charge is 0.475 e. The van der Waals surface area contributed by atoms with Gasteiger partial charge in [0.15, 0.2) is 0 Å². The Morgan fingerprint density at radius 2 is 1.82 bits per heavy atom. The van der Waals surface area contributed by atoms with Crippen LogP contribution in [-0.2, 0) is 14.4 Å². The van der Waals surface area contributed by atoms with Crippen molar-refractivity contribution in [3.05, 3.63) is 40.2 Å². The van der Waals surface area contributed by atoms with E-state index in [1.165, 1.54) is 12.1 Å². The molecule has 1 atom stereocenters. The van der Waals surface area contributed by atoms with Gasteiger partial charge in [-0.1, -0.05) is 0 Å². The zero-order valence-corrected chi connectivity index (χ0v) is 14.4. The van der Waals surface area contributed by atoms with Crippen LogP contribution < -0.4 is 22.4 Å². The Kier molecular flexibility index (Phi) is 7.27. The molecular formula is C16H16F3N3O6. The van der Waals surface area contributed by atoms with E-state index in [0.717, 1.165) is 10.9 Å². The van der Waals surface area contributed by atoms with Gasteiger partial charge in [0.1, 0.15) is 5.58 Å². The van der Waals surface area contributed by atoms with Gasteiger partial charge in [-0.3, -0.25) is 9.59 Å². The van der Waals surface area contributed by atoms with Gasteiger partial charge in [-0.15, -0.1) is 0 Å². The highest BCUT2D eigenvalue weighted by molar-refractivity contribution is 5.98. The summed E-state index contributed by atoms with van der Waals surface area (Å²) in [7, 11) is 0. The minimum Gasteiger partial charge on any atom is -0.475 e. The molecule has 0 bridgehead atoms. The Bertz CT molecular complexity index is 955. The predicted molar refractivity (Wildman–Crippen MR) is 91.3 cm³/mol. The number of hydrogen-bond donors (Lipinski definition) is 4. The molecule has 0 saturated carbocycles. The van der Waals surface area contributed by atoms with Crippen molar-refractivity contribution in [1.29, 1.82) is 0 Å². The van der Waals surface area contributed by atoms with Gasteiger partial charge in [0.2, 0.25) is 11.8 Å². The average Bonchev–Trinajstić information content (AvgIpc) is 2.53. The topological polar surface area (TPSA) is 166 Å². The molecule has 0 aliphatic carbocycles. The summed E-state index contributed by atoms with van der Waals surface area (Å²) in [6.45, 7) is 1.79. The molecule has 1 heterocycles. The molecule has 0 radical (unpaired) electrons. The van der Waals surface area contributed by atoms with Crippen molar-refractivity contribution in [1.82, 2.24) is 0 Å². The lowest BCUT2D eigenvalue weighted by Gasteiger charge is -2.11. The van der Waals surface area contributed by atoms with Gasteiger partial charge < -0.3 is 26.3 Å². The Hall–Kier alpha value is -3.41. The maximum Gasteiger partial charge on any atom is 0.490 e. The van der Waals surface area contributed by atoms with Crippen molar-refractivity contribution in [2.45, 2.75) is 25.6 Å². The van der Waals surface area contributed by atoms with Gasteiger partial charge in [0.05, 0.1) is 12.5 Å². The van der Waals surface area contributed by atoms with Crippen molar-refractivity contribution in [2.75, 3.05) is 5.32 Å². The summed E-state index contributed by atoms with van der Waals surface area (Å²) in [5, 5.41) is 10.4. The zero-order valence-electron chi connectivity index (χ0n) is 14.4. The lowest BCUT2D eigenvalue weighted by molar-refractivity contribution is -0.192. The van der Waals surface area contributed by atoms with Crippen LogP contribution in [0.2, 0.25) is 0 Å². The van der Waals surface area contributed by atoms with E-state index in [9.17, 15) is 27.6 Å². The van der Waals surface area contributed by atoms with E-state index in [-0.39, 0.29) is 6.42 Å². The first kappa shape index (κ1) is 22.6. The molecule has 9 nitrogen and oxygen atoms in total. The lowest BCUT2D eigenvalue weighted by Crippen LogP contribution is -2.38. The van der Waals surface area contributed by atoms with Gasteiger partial charge in [0.25, 0.3) is 0 Å². The van der Waals surface area contributed by atoms with Crippen molar-refractivity contribution in [3.63, 3.8) is 0 Å². The molecule has 2 aromatic rings. The summed E-state index contributed by atoms with van der Waals surface area (Å²) < 4.78 is 36.8. The summed E-state index contributed by atoms with van der Waals surface area (Å²) in [5.41, 5.74) is 11.6. The van der Waals surface area contributed by atoms with Gasteiger partial charge in [-0.2, -0.15) is 13.2 Å². The number of aliphatic carboxylic acids is 1. The standard InChI is InChI=1S/C14H15N3O4.C2HF3O2/c1-7-4-13(19)21-11-5-8(2-3-9(7)11)17-14(20)10(15)6-12(16)18;3-2(4,5)1(6)7/h2-5,10H,6,15H2,1H3,(H2,16,18)(H,17,20);(H,6,7)/t10-;/m0./s1. The molecule has 0 unspecified atom stereocenters. The molecule has 0 aliphatic heterocycles. The first-order valence-corrected chi connectivity index (χ1v) is 7.50. The Balaban J connectivity index is 0.000000480. The largest absolute Gasteiger partial charge is 0.490 e. The van der Waals surface area contributed by atoms with Crippen LogP contribution in [0.3, 0.4) is 0 Å². The first-order valence-electron chi connectivity index (χ1n) is 7.50. The number of carbonyl (C=O) groups is 3. The number of anilines is 1. The van der Waals surface area contributed by atoms with Gasteiger partial charge in [0, 0.05) is 23.2 Å². The fourth-order valence-electron chi connectivity index (χ4n) is 1.95. The highest BCUT2D eigenvalue weighted by Gasteiger charge is 2.38. The van der Waals surface area contributed by atoms with Crippen LogP contribution in [0.15, 0.2) is 33.5 Å². The molecule has 1 aromatic carbocycles. The Morgan fingerprint density at radius 3 is 2.32 bits per heavy atom. The van der Waals surface area contributed by atoms with Crippen LogP contribution in [0.25, 0.3) is 11.0 Å². The first-order chi connectivity index (χ1) is 12.8. The van der Waals surface area contributed by atoms with E-state index in [2.05, 4.69) is 5.32 Å². The number of benzene rings is 1. The third-order valence-electron chi connectivity index (χ3n) is 3.22. The number of carboxylic acid groups (broad SMARTS) is 1. The Labute approximate surface area is 155 Å². The molecule has 0 aliphatic rings. The molecule has 0 saturated heterocycles. The molecule has 2 amide bonds. The van der Waals surface area contributed by atoms with Crippen LogP contribution in [0.5, 0.6) is 0 Å². The van der Waals surface area contributed by atoms with E-state index >= 15 is 0 Å². The highest BCUT2D eigenvalue weighted by atomic mass is 19.4. The number of halogens is 3. The van der Waals surface area contributed by atoms with E-state index in [1.807, 2.05) is 0 Å². The predicted octanol–water partition coefficient (Wildman–Crippen LogP) is 0.876. The highest BCUT2D eigenvalue weighted by Crippen LogP contribution is 2.20. The van der Waals surface area contributed by atoms with Crippen molar-refractivity contribution in [2.24, 2.45) is 11.5 Å². The van der Waals surface area contributed by atoms with Crippen LogP contribution in [0, 0.1) is 6.92 Å². The number of rotatable bonds is 4. The Morgan fingerprint density at radius 1 is 1.25 bits per heavy atom.